The van der Waals surface area contributed by atoms with Gasteiger partial charge in [0.2, 0.25) is 5.75 Å². The first kappa shape index (κ1) is 19.6. The van der Waals surface area contributed by atoms with Crippen molar-refractivity contribution < 1.29 is 28.9 Å². The third kappa shape index (κ3) is 3.27. The van der Waals surface area contributed by atoms with Crippen molar-refractivity contribution in [2.24, 2.45) is 0 Å². The van der Waals surface area contributed by atoms with Crippen molar-refractivity contribution in [1.29, 1.82) is 0 Å². The van der Waals surface area contributed by atoms with Crippen molar-refractivity contribution in [3.05, 3.63) is 47.5 Å². The maximum absolute atomic E-state index is 12.5. The van der Waals surface area contributed by atoms with Crippen LogP contribution in [0.5, 0.6) is 23.0 Å². The second kappa shape index (κ2) is 7.85. The van der Waals surface area contributed by atoms with E-state index >= 15 is 0 Å². The molecule has 0 unspecified atom stereocenters. The first-order valence-corrected chi connectivity index (χ1v) is 8.72. The number of ether oxygens (including phenoxy) is 3. The summed E-state index contributed by atoms with van der Waals surface area (Å²) in [5.74, 6) is -0.106. The van der Waals surface area contributed by atoms with Gasteiger partial charge in [0.15, 0.2) is 11.5 Å². The van der Waals surface area contributed by atoms with Crippen LogP contribution in [0.2, 0.25) is 0 Å². The molecule has 2 atom stereocenters. The molecule has 1 saturated heterocycles. The van der Waals surface area contributed by atoms with Crippen LogP contribution in [0.4, 0.5) is 0 Å². The predicted molar refractivity (Wildman–Crippen MR) is 101 cm³/mol. The topological polar surface area (TPSA) is 97.3 Å². The van der Waals surface area contributed by atoms with Crippen LogP contribution in [0.1, 0.15) is 22.0 Å². The fourth-order valence-corrected chi connectivity index (χ4v) is 3.37. The molecule has 1 aliphatic heterocycles. The summed E-state index contributed by atoms with van der Waals surface area (Å²) in [5.41, 5.74) is 3.12. The quantitative estimate of drug-likeness (QED) is 0.564. The molecule has 2 amide bonds. The molecule has 0 saturated carbocycles. The first-order valence-electron chi connectivity index (χ1n) is 8.29. The second-order valence-corrected chi connectivity index (χ2v) is 6.44. The van der Waals surface area contributed by atoms with Crippen molar-refractivity contribution in [3.63, 3.8) is 0 Å². The number of amides is 2. The van der Waals surface area contributed by atoms with Gasteiger partial charge >= 0.3 is 0 Å². The van der Waals surface area contributed by atoms with Crippen molar-refractivity contribution in [2.45, 2.75) is 11.4 Å². The number of phenolic OH excluding ortho intramolecular Hbond substituents is 1. The smallest absolute Gasteiger partial charge is 0.273 e. The van der Waals surface area contributed by atoms with E-state index in [0.29, 0.717) is 22.8 Å². The molecule has 1 aliphatic rings. The Kier molecular flexibility index (Phi) is 5.51. The third-order valence-corrected chi connectivity index (χ3v) is 4.85. The molecule has 0 radical (unpaired) electrons. The van der Waals surface area contributed by atoms with Crippen molar-refractivity contribution in [1.82, 2.24) is 10.4 Å². The number of hydrogen-bond acceptors (Lipinski definition) is 6. The van der Waals surface area contributed by atoms with Gasteiger partial charge in [0.05, 0.1) is 26.9 Å². The van der Waals surface area contributed by atoms with Gasteiger partial charge in [0.25, 0.3) is 11.8 Å². The van der Waals surface area contributed by atoms with Crippen molar-refractivity contribution in [2.75, 3.05) is 21.3 Å². The maximum Gasteiger partial charge on any atom is 0.273 e. The van der Waals surface area contributed by atoms with Gasteiger partial charge in [-0.05, 0) is 29.8 Å². The monoisotopic (exact) mass is 406 g/mol. The molecule has 2 aromatic rings. The van der Waals surface area contributed by atoms with E-state index < -0.39 is 23.2 Å². The van der Waals surface area contributed by atoms with Crippen LogP contribution in [0.15, 0.2) is 36.4 Å². The maximum atomic E-state index is 12.5. The largest absolute Gasteiger partial charge is 0.507 e. The summed E-state index contributed by atoms with van der Waals surface area (Å²) in [4.78, 5) is 24.7. The normalized spacial score (nSPS) is 18.3. The molecular weight excluding hydrogens is 388 g/mol. The Labute approximate surface area is 166 Å². The molecule has 1 fully saturated rings. The molecule has 0 aliphatic carbocycles. The van der Waals surface area contributed by atoms with E-state index in [2.05, 4.69) is 5.43 Å². The van der Waals surface area contributed by atoms with Gasteiger partial charge in [-0.25, -0.2) is 5.01 Å². The van der Waals surface area contributed by atoms with Gasteiger partial charge < -0.3 is 19.3 Å². The number of halogens is 1. The molecule has 9 heteroatoms. The number of benzene rings is 2. The molecule has 2 aromatic carbocycles. The Morgan fingerprint density at radius 2 is 1.71 bits per heavy atom. The Morgan fingerprint density at radius 1 is 1.11 bits per heavy atom. The van der Waals surface area contributed by atoms with Crippen molar-refractivity contribution in [3.8, 4) is 23.0 Å². The Hall–Kier alpha value is -3.13. The van der Waals surface area contributed by atoms with Crippen molar-refractivity contribution >= 4 is 23.4 Å². The Bertz CT molecular complexity index is 894. The molecule has 0 spiro atoms. The number of phenols is 1. The highest BCUT2D eigenvalue weighted by molar-refractivity contribution is 6.33. The number of β-lactam (4-membered cyclic amide) rings is 1. The van der Waals surface area contributed by atoms with E-state index in [9.17, 15) is 14.7 Å². The molecule has 148 valence electrons. The zero-order chi connectivity index (χ0) is 20.4. The number of methoxy groups -OCH3 is 3. The zero-order valence-corrected chi connectivity index (χ0v) is 16.2. The highest BCUT2D eigenvalue weighted by Crippen LogP contribution is 2.45. The molecule has 0 aromatic heterocycles. The van der Waals surface area contributed by atoms with E-state index in [0.717, 1.165) is 5.01 Å². The van der Waals surface area contributed by atoms with Gasteiger partial charge in [0.1, 0.15) is 17.2 Å². The minimum absolute atomic E-state index is 0.0389. The Morgan fingerprint density at radius 3 is 2.25 bits per heavy atom. The fraction of sp³-hybridized carbons (Fsp3) is 0.263. The number of hydrazine groups is 1. The molecule has 0 bridgehead atoms. The lowest BCUT2D eigenvalue weighted by molar-refractivity contribution is -0.149. The van der Waals surface area contributed by atoms with E-state index in [-0.39, 0.29) is 11.3 Å². The number of nitrogens with zero attached hydrogens (tertiary/aromatic N) is 1. The minimum atomic E-state index is -0.882. The van der Waals surface area contributed by atoms with Crippen LogP contribution < -0.4 is 19.6 Å². The highest BCUT2D eigenvalue weighted by Gasteiger charge is 2.49. The van der Waals surface area contributed by atoms with Crippen LogP contribution >= 0.6 is 11.6 Å². The molecule has 28 heavy (non-hydrogen) atoms. The molecular formula is C19H19ClN2O6. The summed E-state index contributed by atoms with van der Waals surface area (Å²) in [6.07, 6.45) is 0. The lowest BCUT2D eigenvalue weighted by Gasteiger charge is -2.44. The Balaban J connectivity index is 1.92. The number of alkyl halides is 1. The van der Waals surface area contributed by atoms with Crippen LogP contribution in [-0.2, 0) is 4.79 Å². The summed E-state index contributed by atoms with van der Waals surface area (Å²) < 4.78 is 16.0. The average Bonchev–Trinajstić information content (AvgIpc) is 2.72. The lowest BCUT2D eigenvalue weighted by Crippen LogP contribution is -2.63. The number of hydrogen-bond donors (Lipinski definition) is 2. The summed E-state index contributed by atoms with van der Waals surface area (Å²) in [7, 11) is 4.43. The molecule has 3 rings (SSSR count). The van der Waals surface area contributed by atoms with E-state index in [1.807, 2.05) is 0 Å². The number of para-hydroxylation sites is 1. The summed E-state index contributed by atoms with van der Waals surface area (Å²) >= 11 is 6.22. The summed E-state index contributed by atoms with van der Waals surface area (Å²) in [6, 6.07) is 8.69. The molecule has 1 heterocycles. The van der Waals surface area contributed by atoms with Gasteiger partial charge in [-0.1, -0.05) is 12.1 Å². The fourth-order valence-electron chi connectivity index (χ4n) is 3.00. The number of rotatable bonds is 6. The lowest BCUT2D eigenvalue weighted by atomic mass is 9.94. The molecule has 8 nitrogen and oxygen atoms in total. The van der Waals surface area contributed by atoms with E-state index in [1.165, 1.54) is 33.5 Å². The van der Waals surface area contributed by atoms with Gasteiger partial charge in [-0.15, -0.1) is 11.6 Å². The number of nitrogens with one attached hydrogen (secondary N) is 1. The zero-order valence-electron chi connectivity index (χ0n) is 15.4. The van der Waals surface area contributed by atoms with Gasteiger partial charge in [-0.2, -0.15) is 0 Å². The standard InChI is InChI=1S/C19H19ClN2O6/c1-26-13-8-10(9-14(27-2)17(13)28-3)16-15(20)19(25)22(16)21-18(24)11-6-4-5-7-12(11)23/h4-9,15-16,23H,1-3H3,(H,21,24)/t15-,16+/m1/s1. The predicted octanol–water partition coefficient (Wildman–Crippen LogP) is 2.25. The first-order chi connectivity index (χ1) is 13.4. The summed E-state index contributed by atoms with van der Waals surface area (Å²) in [5, 5.41) is 10.1. The van der Waals surface area contributed by atoms with Gasteiger partial charge in [0, 0.05) is 0 Å². The number of aromatic hydroxyl groups is 1. The highest BCUT2D eigenvalue weighted by atomic mass is 35.5. The van der Waals surface area contributed by atoms with Crippen LogP contribution in [-0.4, -0.2) is 48.6 Å². The van der Waals surface area contributed by atoms with E-state index in [4.69, 9.17) is 25.8 Å². The average molecular weight is 407 g/mol. The minimum Gasteiger partial charge on any atom is -0.507 e. The van der Waals surface area contributed by atoms with Gasteiger partial charge in [-0.3, -0.25) is 15.0 Å². The van der Waals surface area contributed by atoms with Crippen LogP contribution in [0.3, 0.4) is 0 Å². The SMILES string of the molecule is COc1cc([C@H]2[C@@H](Cl)C(=O)N2NC(=O)c2ccccc2O)cc(OC)c1OC. The summed E-state index contributed by atoms with van der Waals surface area (Å²) in [6.45, 7) is 0. The third-order valence-electron chi connectivity index (χ3n) is 4.43. The molecule has 2 N–H and O–H groups in total. The van der Waals surface area contributed by atoms with Crippen LogP contribution in [0.25, 0.3) is 0 Å². The second-order valence-electron chi connectivity index (χ2n) is 5.97. The van der Waals surface area contributed by atoms with Crippen LogP contribution in [0, 0.1) is 0 Å². The number of carbonyl (C=O) groups is 2. The number of carbonyl (C=O) groups excluding carboxylic acids is 2. The van der Waals surface area contributed by atoms with E-state index in [1.54, 1.807) is 24.3 Å².